The highest BCUT2D eigenvalue weighted by molar-refractivity contribution is 6.35. The number of aryl methyl sites for hydroxylation is 1. The number of carboxylic acid groups (broad SMARTS) is 1. The Hall–Kier alpha value is -7.94. The predicted octanol–water partition coefficient (Wildman–Crippen LogP) is 3.56. The maximum atomic E-state index is 14.6. The van der Waals surface area contributed by atoms with Gasteiger partial charge in [-0.2, -0.15) is 0 Å². The van der Waals surface area contributed by atoms with Crippen LogP contribution in [0.3, 0.4) is 0 Å². The van der Waals surface area contributed by atoms with Crippen LogP contribution in [-0.2, 0) is 81.5 Å². The van der Waals surface area contributed by atoms with Crippen molar-refractivity contribution >= 4 is 81.8 Å². The Bertz CT molecular complexity index is 3390. The molecule has 11 atom stereocenters. The summed E-state index contributed by atoms with van der Waals surface area (Å²) in [7, 11) is 9.45. The first-order valence-electron chi connectivity index (χ1n) is 33.8. The normalized spacial score (nSPS) is 22.9. The summed E-state index contributed by atoms with van der Waals surface area (Å²) in [6.45, 7) is 12.4. The fourth-order valence-electron chi connectivity index (χ4n) is 12.2. The van der Waals surface area contributed by atoms with E-state index in [0.717, 1.165) is 32.6 Å². The number of methoxy groups -OCH3 is 2. The molecule has 2 saturated heterocycles. The number of carbonyl (C=O) groups excluding carboxylic acids is 8. The van der Waals surface area contributed by atoms with E-state index in [-0.39, 0.29) is 88.8 Å². The molecule has 4 bridgehead atoms. The topological polar surface area (TPSA) is 387 Å². The zero-order valence-electron chi connectivity index (χ0n) is 59.4. The number of benzene rings is 2. The number of ether oxygens (including phenoxy) is 7. The number of aliphatic carboxylic acids is 1. The number of amides is 8. The number of hydrogen-bond donors (Lipinski definition) is 10. The molecule has 554 valence electrons. The lowest BCUT2D eigenvalue weighted by atomic mass is 9.83. The molecule has 3 aliphatic rings. The van der Waals surface area contributed by atoms with Crippen molar-refractivity contribution in [2.75, 3.05) is 93.4 Å². The number of likely N-dealkylation sites (N-methyl/N-ethyl adjacent to an activating group) is 1. The first-order valence-corrected chi connectivity index (χ1v) is 34.1. The van der Waals surface area contributed by atoms with E-state index in [1.54, 1.807) is 52.0 Å². The number of epoxide rings is 1. The maximum absolute atomic E-state index is 14.6. The maximum Gasteiger partial charge on any atom is 0.409 e. The minimum atomic E-state index is -1.94. The van der Waals surface area contributed by atoms with Gasteiger partial charge in [-0.15, -0.1) is 0 Å². The van der Waals surface area contributed by atoms with E-state index >= 15 is 0 Å². The molecule has 2 aromatic carbocycles. The number of alkyl carbamates (subject to hydrolysis) is 1. The summed E-state index contributed by atoms with van der Waals surface area (Å²) in [6, 6.07) is 8.45. The van der Waals surface area contributed by atoms with Crippen LogP contribution in [0.25, 0.3) is 10.9 Å². The van der Waals surface area contributed by atoms with Crippen LogP contribution in [0.4, 0.5) is 15.3 Å². The quantitative estimate of drug-likeness (QED) is 0.0174. The van der Waals surface area contributed by atoms with Crippen LogP contribution in [0.5, 0.6) is 5.75 Å². The number of hydrogen-bond acceptors (Lipinski definition) is 20. The Morgan fingerprint density at radius 3 is 2.32 bits per heavy atom. The number of esters is 1. The second kappa shape index (κ2) is 38.2. The molecule has 3 aromatic rings. The number of nitrogens with zero attached hydrogens (tertiary/aromatic N) is 4. The largest absolute Gasteiger partial charge is 0.495 e. The second-order valence-electron chi connectivity index (χ2n) is 26.2. The monoisotopic (exact) mass is 1420 g/mol. The predicted molar refractivity (Wildman–Crippen MR) is 371 cm³/mol. The van der Waals surface area contributed by atoms with Crippen molar-refractivity contribution in [3.63, 3.8) is 0 Å². The molecule has 0 aliphatic carbocycles. The van der Waals surface area contributed by atoms with Crippen molar-refractivity contribution < 1.29 is 86.5 Å². The number of aromatic nitrogens is 1. The number of primary amides is 1. The molecule has 2 fully saturated rings. The molecule has 100 heavy (non-hydrogen) atoms. The minimum absolute atomic E-state index is 0.0213. The number of anilines is 1. The molecule has 8 amide bonds. The number of rotatable bonds is 35. The lowest BCUT2D eigenvalue weighted by Gasteiger charge is -2.42. The van der Waals surface area contributed by atoms with Gasteiger partial charge in [-0.3, -0.25) is 39.5 Å². The highest BCUT2D eigenvalue weighted by Gasteiger charge is 2.64. The van der Waals surface area contributed by atoms with Crippen LogP contribution in [0.2, 0.25) is 5.02 Å². The van der Waals surface area contributed by atoms with Crippen LogP contribution in [-0.4, -0.2) is 227 Å². The Balaban J connectivity index is 1.04. The summed E-state index contributed by atoms with van der Waals surface area (Å²) in [5.41, 5.74) is 9.00. The van der Waals surface area contributed by atoms with Gasteiger partial charge in [0.1, 0.15) is 52.8 Å². The van der Waals surface area contributed by atoms with Crippen LogP contribution >= 0.6 is 11.6 Å². The van der Waals surface area contributed by atoms with Gasteiger partial charge in [0.05, 0.1) is 58.3 Å². The summed E-state index contributed by atoms with van der Waals surface area (Å²) >= 11 is 6.88. The molecule has 30 nitrogen and oxygen atoms in total. The second-order valence-corrected chi connectivity index (χ2v) is 26.6. The Morgan fingerprint density at radius 1 is 0.930 bits per heavy atom. The number of fused-ring (bicyclic) bond motifs is 6. The van der Waals surface area contributed by atoms with Crippen LogP contribution < -0.4 is 52.7 Å². The number of allylic oxidation sites excluding steroid dienone is 3. The third-order valence-electron chi connectivity index (χ3n) is 18.3. The lowest BCUT2D eigenvalue weighted by Crippen LogP contribution is -2.63. The van der Waals surface area contributed by atoms with E-state index in [2.05, 4.69) is 48.0 Å². The summed E-state index contributed by atoms with van der Waals surface area (Å²) in [5, 5.41) is 41.2. The Labute approximate surface area is 589 Å². The van der Waals surface area contributed by atoms with Gasteiger partial charge in [0.2, 0.25) is 29.5 Å². The van der Waals surface area contributed by atoms with Gasteiger partial charge in [-0.25, -0.2) is 19.4 Å². The lowest BCUT2D eigenvalue weighted by molar-refractivity contribution is -0.162. The van der Waals surface area contributed by atoms with Gasteiger partial charge in [-0.1, -0.05) is 74.4 Å². The van der Waals surface area contributed by atoms with Crippen LogP contribution in [0.15, 0.2) is 66.3 Å². The molecule has 6 rings (SSSR count). The molecule has 0 radical (unpaired) electrons. The minimum Gasteiger partial charge on any atom is -0.495 e. The SMILES string of the molecule is CNN(C)Cc1cc2ccccc2n1CCC(=O)N[C@@H](CCC(=O)O)CNCCOCCOCCC(=O)N[C@H](C(=O)NC(CCCNC(N)=O)C(=O)N(C)[C@@H](C)C(=O)O[C@H]1CC(=O)N(C)c2cc(cc(OC)c2Cl)C/C(C)=C/C=C/[C@@H](OC)[C@@]2(O)C[C@H](OC(=O)N2)[C@@H](C)[C@@H]2O[C@@]12C)C(C)C. The van der Waals surface area contributed by atoms with Crippen molar-refractivity contribution in [1.82, 2.24) is 51.8 Å². The van der Waals surface area contributed by atoms with Crippen molar-refractivity contribution in [1.29, 1.82) is 0 Å². The molecule has 3 aliphatic heterocycles. The molecular formula is C69H103ClN12O18. The third-order valence-corrected chi connectivity index (χ3v) is 18.7. The molecule has 0 spiro atoms. The average molecular weight is 1420 g/mol. The summed E-state index contributed by atoms with van der Waals surface area (Å²) in [6.07, 6.45) is -0.0219. The highest BCUT2D eigenvalue weighted by Crippen LogP contribution is 2.49. The number of nitrogens with one attached hydrogen (secondary N) is 7. The third kappa shape index (κ3) is 23.0. The summed E-state index contributed by atoms with van der Waals surface area (Å²) in [5.74, 6) is -5.56. The number of halogens is 1. The van der Waals surface area contributed by atoms with Gasteiger partial charge >= 0.3 is 24.1 Å². The molecule has 31 heteroatoms. The van der Waals surface area contributed by atoms with Crippen molar-refractivity contribution in [3.05, 3.63) is 82.5 Å². The van der Waals surface area contributed by atoms with E-state index in [4.69, 9.17) is 50.5 Å². The van der Waals surface area contributed by atoms with Crippen molar-refractivity contribution in [2.45, 2.75) is 172 Å². The molecule has 4 heterocycles. The first-order chi connectivity index (χ1) is 47.4. The first kappa shape index (κ1) is 81.0. The number of para-hydroxylation sites is 1. The van der Waals surface area contributed by atoms with Crippen LogP contribution in [0, 0.1) is 11.8 Å². The molecule has 1 aromatic heterocycles. The van der Waals surface area contributed by atoms with Crippen LogP contribution in [0.1, 0.15) is 104 Å². The summed E-state index contributed by atoms with van der Waals surface area (Å²) in [4.78, 5) is 123. The van der Waals surface area contributed by atoms with E-state index in [1.807, 2.05) is 56.4 Å². The number of nitrogens with two attached hydrogens (primary N) is 1. The molecule has 11 N–H and O–H groups in total. The fraction of sp³-hybridized carbons (Fsp3) is 0.609. The van der Waals surface area contributed by atoms with E-state index in [9.17, 15) is 53.4 Å². The Morgan fingerprint density at radius 2 is 1.64 bits per heavy atom. The smallest absolute Gasteiger partial charge is 0.409 e. The highest BCUT2D eigenvalue weighted by atomic mass is 35.5. The van der Waals surface area contributed by atoms with Crippen molar-refractivity contribution in [3.8, 4) is 5.75 Å². The molecule has 0 saturated carbocycles. The van der Waals surface area contributed by atoms with E-state index in [0.29, 0.717) is 44.0 Å². The molecular weight excluding hydrogens is 1320 g/mol. The number of carbonyl (C=O) groups is 9. The fourth-order valence-corrected chi connectivity index (χ4v) is 12.5. The zero-order valence-corrected chi connectivity index (χ0v) is 60.2. The number of aliphatic hydroxyl groups is 1. The van der Waals surface area contributed by atoms with Gasteiger partial charge in [0.25, 0.3) is 0 Å². The van der Waals surface area contributed by atoms with E-state index < -0.39 is 126 Å². The van der Waals surface area contributed by atoms with Gasteiger partial charge in [-0.05, 0) is 94.6 Å². The van der Waals surface area contributed by atoms with Gasteiger partial charge < -0.3 is 90.1 Å². The van der Waals surface area contributed by atoms with E-state index in [1.165, 1.54) is 40.1 Å². The molecule has 1 unspecified atom stereocenters. The average Bonchev–Trinajstić information content (AvgIpc) is 1.58. The standard InChI is InChI=1S/C69H103ClN12O18/c1-41(2)61(77-57(84)25-29-96-31-32-97-30-27-73-39-47(22-23-59(86)87)75-56(83)24-28-82-48(40-79(8)72-7)36-46-18-13-14-20-50(46)82)63(88)76-49(19-16-26-74-66(71)91)64(89)80(9)44(5)65(90)99-55-37-58(85)81(10)51-34-45(35-52(94-11)60(51)70)33-42(3)17-15-21-54(95-12)69(93)38-53(98-67(92)78-69)43(4)62-68(55,6)100-62/h13-15,17-18,20-21,34-36,41,43-44,47,49,53-55,61-62,72-73,93H,16,19,22-33,37-40H2,1-12H3,(H,75,83)(H,76,88)(H,77,84)(H,78,92)(H,86,87)(H3,71,74,91)/b21-15+,42-17+/t43-,44+,47+,49?,53+,54-,55+,61+,62+,68+,69+/m1/s1. The van der Waals surface area contributed by atoms with Gasteiger partial charge in [0.15, 0.2) is 5.72 Å². The van der Waals surface area contributed by atoms with Gasteiger partial charge in [0, 0.05) is 103 Å². The zero-order chi connectivity index (χ0) is 73.6. The number of carboxylic acids is 1. The number of hydrazine groups is 1. The van der Waals surface area contributed by atoms with Crippen molar-refractivity contribution in [2.24, 2.45) is 17.6 Å². The Kier molecular flexibility index (Phi) is 30.9. The number of urea groups is 1. The summed E-state index contributed by atoms with van der Waals surface area (Å²) < 4.78 is 43.2.